The van der Waals surface area contributed by atoms with Gasteiger partial charge in [-0.3, -0.25) is 4.40 Å². The van der Waals surface area contributed by atoms with Crippen LogP contribution >= 0.6 is 0 Å². The van der Waals surface area contributed by atoms with Crippen molar-refractivity contribution in [2.45, 2.75) is 13.3 Å². The zero-order valence-electron chi connectivity index (χ0n) is 8.51. The van der Waals surface area contributed by atoms with E-state index in [1.54, 1.807) is 6.20 Å². The highest BCUT2D eigenvalue weighted by Gasteiger charge is 2.04. The summed E-state index contributed by atoms with van der Waals surface area (Å²) < 4.78 is 1.95. The van der Waals surface area contributed by atoms with Crippen LogP contribution in [-0.2, 0) is 6.42 Å². The smallest absolute Gasteiger partial charge is 0.147 e. The second-order valence-electron chi connectivity index (χ2n) is 3.57. The Morgan fingerprint density at radius 2 is 2.20 bits per heavy atom. The maximum Gasteiger partial charge on any atom is 0.147 e. The lowest BCUT2D eigenvalue weighted by molar-refractivity contribution is 1.09. The van der Waals surface area contributed by atoms with Gasteiger partial charge in [-0.25, -0.2) is 9.97 Å². The van der Waals surface area contributed by atoms with E-state index < -0.39 is 0 Å². The number of aromatic nitrogens is 3. The lowest BCUT2D eigenvalue weighted by Crippen LogP contribution is -1.92. The van der Waals surface area contributed by atoms with Gasteiger partial charge in [0.05, 0.1) is 5.52 Å². The lowest BCUT2D eigenvalue weighted by atomic mass is 10.1. The van der Waals surface area contributed by atoms with Crippen LogP contribution in [0.3, 0.4) is 0 Å². The topological polar surface area (TPSA) is 30.2 Å². The fraction of sp³-hybridized carbons (Fsp3) is 0.167. The van der Waals surface area contributed by atoms with Crippen molar-refractivity contribution in [2.24, 2.45) is 0 Å². The van der Waals surface area contributed by atoms with E-state index in [9.17, 15) is 0 Å². The predicted molar refractivity (Wildman–Crippen MR) is 59.9 cm³/mol. The molecule has 0 amide bonds. The maximum atomic E-state index is 4.48. The van der Waals surface area contributed by atoms with Gasteiger partial charge in [-0.1, -0.05) is 19.1 Å². The van der Waals surface area contributed by atoms with E-state index in [0.29, 0.717) is 0 Å². The van der Waals surface area contributed by atoms with Crippen molar-refractivity contribution in [3.05, 3.63) is 42.5 Å². The molecule has 3 rings (SSSR count). The molecule has 0 unspecified atom stereocenters. The second kappa shape index (κ2) is 3.05. The Morgan fingerprint density at radius 1 is 1.27 bits per heavy atom. The van der Waals surface area contributed by atoms with Crippen LogP contribution in [0.5, 0.6) is 0 Å². The molecule has 0 radical (unpaired) electrons. The quantitative estimate of drug-likeness (QED) is 0.599. The molecule has 2 heterocycles. The van der Waals surface area contributed by atoms with Crippen molar-refractivity contribution in [2.75, 3.05) is 0 Å². The molecule has 0 atom stereocenters. The summed E-state index contributed by atoms with van der Waals surface area (Å²) in [6, 6.07) is 6.26. The first kappa shape index (κ1) is 8.41. The average Bonchev–Trinajstić information content (AvgIpc) is 2.76. The second-order valence-corrected chi connectivity index (χ2v) is 3.57. The normalized spacial score (nSPS) is 11.3. The van der Waals surface area contributed by atoms with Gasteiger partial charge in [0.1, 0.15) is 12.0 Å². The lowest BCUT2D eigenvalue weighted by Gasteiger charge is -2.03. The molecule has 0 aliphatic rings. The number of imidazole rings is 1. The highest BCUT2D eigenvalue weighted by Crippen LogP contribution is 2.20. The fourth-order valence-electron chi connectivity index (χ4n) is 1.94. The Kier molecular flexibility index (Phi) is 1.71. The van der Waals surface area contributed by atoms with Crippen LogP contribution in [0.25, 0.3) is 16.6 Å². The van der Waals surface area contributed by atoms with E-state index in [1.807, 2.05) is 16.9 Å². The molecule has 0 spiro atoms. The first-order valence-corrected chi connectivity index (χ1v) is 5.09. The van der Waals surface area contributed by atoms with Gasteiger partial charge in [0, 0.05) is 17.8 Å². The molecule has 74 valence electrons. The van der Waals surface area contributed by atoms with E-state index >= 15 is 0 Å². The Balaban J connectivity index is 2.53. The van der Waals surface area contributed by atoms with Crippen LogP contribution in [0.15, 0.2) is 36.9 Å². The van der Waals surface area contributed by atoms with Crippen LogP contribution in [0.1, 0.15) is 12.5 Å². The minimum Gasteiger partial charge on any atom is -0.290 e. The van der Waals surface area contributed by atoms with Crippen molar-refractivity contribution >= 4 is 16.6 Å². The third-order valence-corrected chi connectivity index (χ3v) is 2.72. The average molecular weight is 197 g/mol. The Hall–Kier alpha value is -1.90. The summed E-state index contributed by atoms with van der Waals surface area (Å²) in [6.45, 7) is 2.15. The van der Waals surface area contributed by atoms with Crippen LogP contribution in [0.2, 0.25) is 0 Å². The molecule has 0 aliphatic heterocycles. The van der Waals surface area contributed by atoms with Gasteiger partial charge < -0.3 is 0 Å². The highest BCUT2D eigenvalue weighted by atomic mass is 15.0. The number of nitrogens with zero attached hydrogens (tertiary/aromatic N) is 3. The first-order valence-electron chi connectivity index (χ1n) is 5.09. The number of fused-ring (bicyclic) bond motifs is 3. The van der Waals surface area contributed by atoms with E-state index in [1.165, 1.54) is 5.56 Å². The van der Waals surface area contributed by atoms with Crippen LogP contribution in [0.4, 0.5) is 0 Å². The number of aryl methyl sites for hydroxylation is 1. The van der Waals surface area contributed by atoms with Gasteiger partial charge in [0.25, 0.3) is 0 Å². The highest BCUT2D eigenvalue weighted by molar-refractivity contribution is 5.92. The molecule has 0 aliphatic carbocycles. The van der Waals surface area contributed by atoms with Gasteiger partial charge >= 0.3 is 0 Å². The number of hydrogen-bond donors (Lipinski definition) is 0. The van der Waals surface area contributed by atoms with Crippen LogP contribution in [0, 0.1) is 0 Å². The molecule has 15 heavy (non-hydrogen) atoms. The molecule has 0 bridgehead atoms. The Morgan fingerprint density at radius 3 is 3.07 bits per heavy atom. The van der Waals surface area contributed by atoms with E-state index in [0.717, 1.165) is 23.0 Å². The van der Waals surface area contributed by atoms with Gasteiger partial charge in [0.15, 0.2) is 0 Å². The SMILES string of the molecule is CCc1cccc2c1ncn1ccnc21. The number of benzene rings is 1. The standard InChI is InChI=1S/C12H11N3/c1-2-9-4-3-5-10-11(9)14-8-15-7-6-13-12(10)15/h3-8H,2H2,1H3. The van der Waals surface area contributed by atoms with E-state index in [2.05, 4.69) is 35.1 Å². The molecule has 0 N–H and O–H groups in total. The van der Waals surface area contributed by atoms with Crippen molar-refractivity contribution in [1.29, 1.82) is 0 Å². The zero-order chi connectivity index (χ0) is 10.3. The van der Waals surface area contributed by atoms with Gasteiger partial charge in [-0.05, 0) is 18.1 Å². The largest absolute Gasteiger partial charge is 0.290 e. The summed E-state index contributed by atoms with van der Waals surface area (Å²) in [4.78, 5) is 8.82. The Bertz CT molecular complexity index is 625. The molecular weight excluding hydrogens is 186 g/mol. The third kappa shape index (κ3) is 1.13. The number of hydrogen-bond acceptors (Lipinski definition) is 2. The molecule has 3 heteroatoms. The van der Waals surface area contributed by atoms with Gasteiger partial charge in [0.2, 0.25) is 0 Å². The molecule has 3 nitrogen and oxygen atoms in total. The van der Waals surface area contributed by atoms with Gasteiger partial charge in [-0.15, -0.1) is 0 Å². The molecule has 0 saturated carbocycles. The molecule has 3 aromatic rings. The summed E-state index contributed by atoms with van der Waals surface area (Å²) in [5, 5.41) is 1.13. The number of para-hydroxylation sites is 1. The number of rotatable bonds is 1. The summed E-state index contributed by atoms with van der Waals surface area (Å²) in [5.74, 6) is 0. The minimum atomic E-state index is 0.982. The third-order valence-electron chi connectivity index (χ3n) is 2.72. The van der Waals surface area contributed by atoms with Crippen molar-refractivity contribution < 1.29 is 0 Å². The molecule has 2 aromatic heterocycles. The summed E-state index contributed by atoms with van der Waals surface area (Å²) in [5.41, 5.74) is 3.33. The fourth-order valence-corrected chi connectivity index (χ4v) is 1.94. The maximum absolute atomic E-state index is 4.48. The van der Waals surface area contributed by atoms with E-state index in [4.69, 9.17) is 0 Å². The van der Waals surface area contributed by atoms with Crippen molar-refractivity contribution in [1.82, 2.24) is 14.4 Å². The van der Waals surface area contributed by atoms with Gasteiger partial charge in [-0.2, -0.15) is 0 Å². The molecule has 1 aromatic carbocycles. The molecule has 0 saturated heterocycles. The van der Waals surface area contributed by atoms with Crippen LogP contribution < -0.4 is 0 Å². The first-order chi connectivity index (χ1) is 7.40. The van der Waals surface area contributed by atoms with Crippen molar-refractivity contribution in [3.63, 3.8) is 0 Å². The Labute approximate surface area is 87.4 Å². The zero-order valence-corrected chi connectivity index (χ0v) is 8.51. The molecule has 0 fully saturated rings. The van der Waals surface area contributed by atoms with Crippen LogP contribution in [-0.4, -0.2) is 14.4 Å². The summed E-state index contributed by atoms with van der Waals surface area (Å²) in [7, 11) is 0. The van der Waals surface area contributed by atoms with E-state index in [-0.39, 0.29) is 0 Å². The summed E-state index contributed by atoms with van der Waals surface area (Å²) >= 11 is 0. The molecular formula is C12H11N3. The van der Waals surface area contributed by atoms with Crippen molar-refractivity contribution in [3.8, 4) is 0 Å². The predicted octanol–water partition coefficient (Wildman–Crippen LogP) is 2.44. The monoisotopic (exact) mass is 197 g/mol. The summed E-state index contributed by atoms with van der Waals surface area (Å²) in [6.07, 6.45) is 6.54. The minimum absolute atomic E-state index is 0.982.